The molecule has 0 aliphatic rings. The lowest BCUT2D eigenvalue weighted by molar-refractivity contribution is 0.355. The molecule has 0 bridgehead atoms. The van der Waals surface area contributed by atoms with E-state index in [0.29, 0.717) is 12.2 Å². The van der Waals surface area contributed by atoms with Gasteiger partial charge in [-0.15, -0.1) is 0 Å². The minimum atomic E-state index is -0.598. The number of nitrogens with one attached hydrogen (secondary N) is 1. The summed E-state index contributed by atoms with van der Waals surface area (Å²) in [5.41, 5.74) is 1.64. The van der Waals surface area contributed by atoms with Gasteiger partial charge in [0.05, 0.1) is 21.8 Å². The summed E-state index contributed by atoms with van der Waals surface area (Å²) >= 11 is 11.5. The summed E-state index contributed by atoms with van der Waals surface area (Å²) in [6.45, 7) is 6.80. The van der Waals surface area contributed by atoms with Crippen molar-refractivity contribution in [2.75, 3.05) is 5.32 Å². The minimum Gasteiger partial charge on any atom is -0.381 e. The number of nitrogens with zero attached hydrogens (tertiary/aromatic N) is 2. The Hall–Kier alpha value is -1.26. The van der Waals surface area contributed by atoms with Crippen LogP contribution in [-0.4, -0.2) is 9.78 Å². The van der Waals surface area contributed by atoms with Crippen molar-refractivity contribution in [2.24, 2.45) is 0 Å². The highest BCUT2D eigenvalue weighted by Gasteiger charge is 2.14. The number of benzene rings is 1. The van der Waals surface area contributed by atoms with E-state index in [1.165, 1.54) is 12.1 Å². The predicted octanol–water partition coefficient (Wildman–Crippen LogP) is 4.70. The smallest absolute Gasteiger partial charge is 0.160 e. The highest BCUT2D eigenvalue weighted by atomic mass is 35.5. The summed E-state index contributed by atoms with van der Waals surface area (Å²) < 4.78 is 15.2. The molecule has 1 aromatic heterocycles. The van der Waals surface area contributed by atoms with Crippen LogP contribution in [0.15, 0.2) is 24.5 Å². The molecule has 0 spiro atoms. The molecule has 2 rings (SSSR count). The monoisotopic (exact) mass is 315 g/mol. The average Bonchev–Trinajstić information content (AvgIpc) is 2.82. The molecule has 3 nitrogen and oxygen atoms in total. The van der Waals surface area contributed by atoms with Gasteiger partial charge in [0.1, 0.15) is 0 Å². The molecule has 6 heteroatoms. The number of anilines is 1. The molecule has 0 aliphatic heterocycles. The van der Waals surface area contributed by atoms with Crippen molar-refractivity contribution in [3.63, 3.8) is 0 Å². The molecule has 0 radical (unpaired) electrons. The molecule has 2 aromatic rings. The van der Waals surface area contributed by atoms with E-state index < -0.39 is 5.82 Å². The van der Waals surface area contributed by atoms with Gasteiger partial charge in [0.25, 0.3) is 0 Å². The molecule has 0 saturated carbocycles. The molecule has 108 valence electrons. The highest BCUT2D eigenvalue weighted by molar-refractivity contribution is 6.35. The molecular weight excluding hydrogens is 300 g/mol. The van der Waals surface area contributed by atoms with Crippen LogP contribution in [0.1, 0.15) is 26.3 Å². The van der Waals surface area contributed by atoms with E-state index in [1.807, 2.05) is 10.9 Å². The maximum absolute atomic E-state index is 13.3. The van der Waals surface area contributed by atoms with Crippen LogP contribution in [0.25, 0.3) is 0 Å². The molecule has 1 N–H and O–H groups in total. The number of hydrogen-bond acceptors (Lipinski definition) is 2. The van der Waals surface area contributed by atoms with E-state index in [-0.39, 0.29) is 15.6 Å². The van der Waals surface area contributed by atoms with Crippen molar-refractivity contribution < 1.29 is 4.39 Å². The minimum absolute atomic E-state index is 0.00499. The zero-order chi connectivity index (χ0) is 14.9. The Morgan fingerprint density at radius 3 is 2.35 bits per heavy atom. The lowest BCUT2D eigenvalue weighted by Gasteiger charge is -2.18. The molecular formula is C14H16Cl2FN3. The van der Waals surface area contributed by atoms with Crippen LogP contribution in [0.3, 0.4) is 0 Å². The van der Waals surface area contributed by atoms with Gasteiger partial charge in [0, 0.05) is 24.0 Å². The Balaban J connectivity index is 2.08. The van der Waals surface area contributed by atoms with Crippen molar-refractivity contribution in [3.8, 4) is 0 Å². The largest absolute Gasteiger partial charge is 0.381 e. The van der Waals surface area contributed by atoms with E-state index >= 15 is 0 Å². The van der Waals surface area contributed by atoms with Crippen LogP contribution in [0.4, 0.5) is 10.1 Å². The normalized spacial score (nSPS) is 11.7. The van der Waals surface area contributed by atoms with E-state index in [2.05, 4.69) is 31.2 Å². The van der Waals surface area contributed by atoms with E-state index in [9.17, 15) is 4.39 Å². The van der Waals surface area contributed by atoms with E-state index in [4.69, 9.17) is 23.2 Å². The first kappa shape index (κ1) is 15.1. The van der Waals surface area contributed by atoms with Crippen LogP contribution in [0.5, 0.6) is 0 Å². The molecule has 0 aliphatic carbocycles. The van der Waals surface area contributed by atoms with Gasteiger partial charge in [0.15, 0.2) is 5.82 Å². The standard InChI is InChI=1S/C14H16Cl2FN3/c1-14(2,3)20-8-9(7-19-20)6-18-10-4-11(15)13(17)12(16)5-10/h4-5,7-8,18H,6H2,1-3H3. The Kier molecular flexibility index (Phi) is 4.25. The number of halogens is 3. The molecule has 1 heterocycles. The average molecular weight is 316 g/mol. The first-order valence-corrected chi connectivity index (χ1v) is 6.95. The third kappa shape index (κ3) is 3.44. The first-order valence-electron chi connectivity index (χ1n) is 6.20. The maximum atomic E-state index is 13.3. The molecule has 0 saturated heterocycles. The fourth-order valence-corrected chi connectivity index (χ4v) is 2.17. The fourth-order valence-electron chi connectivity index (χ4n) is 1.68. The molecule has 0 atom stereocenters. The molecule has 20 heavy (non-hydrogen) atoms. The van der Waals surface area contributed by atoms with Gasteiger partial charge in [0.2, 0.25) is 0 Å². The van der Waals surface area contributed by atoms with Gasteiger partial charge in [-0.25, -0.2) is 4.39 Å². The zero-order valence-corrected chi connectivity index (χ0v) is 13.1. The zero-order valence-electron chi connectivity index (χ0n) is 11.5. The van der Waals surface area contributed by atoms with Gasteiger partial charge in [-0.05, 0) is 32.9 Å². The summed E-state index contributed by atoms with van der Waals surface area (Å²) in [4.78, 5) is 0. The predicted molar refractivity (Wildman–Crippen MR) is 81.0 cm³/mol. The summed E-state index contributed by atoms with van der Waals surface area (Å²) in [6, 6.07) is 3.02. The van der Waals surface area contributed by atoms with Gasteiger partial charge in [-0.2, -0.15) is 5.10 Å². The van der Waals surface area contributed by atoms with Gasteiger partial charge in [-0.3, -0.25) is 4.68 Å². The summed E-state index contributed by atoms with van der Waals surface area (Å²) in [5.74, 6) is -0.598. The van der Waals surface area contributed by atoms with Gasteiger partial charge >= 0.3 is 0 Å². The quantitative estimate of drug-likeness (QED) is 0.832. The molecule has 1 aromatic carbocycles. The molecule has 0 fully saturated rings. The topological polar surface area (TPSA) is 29.9 Å². The van der Waals surface area contributed by atoms with Crippen LogP contribution in [0, 0.1) is 5.82 Å². The molecule has 0 unspecified atom stereocenters. The second-order valence-electron chi connectivity index (χ2n) is 5.57. The number of rotatable bonds is 3. The third-order valence-electron chi connectivity index (χ3n) is 2.80. The van der Waals surface area contributed by atoms with Crippen molar-refractivity contribution in [3.05, 3.63) is 46.0 Å². The Bertz CT molecular complexity index is 594. The van der Waals surface area contributed by atoms with Crippen molar-refractivity contribution >= 4 is 28.9 Å². The SMILES string of the molecule is CC(C)(C)n1cc(CNc2cc(Cl)c(F)c(Cl)c2)cn1. The van der Waals surface area contributed by atoms with E-state index in [1.54, 1.807) is 6.20 Å². The highest BCUT2D eigenvalue weighted by Crippen LogP contribution is 2.27. The van der Waals surface area contributed by atoms with E-state index in [0.717, 1.165) is 5.56 Å². The Morgan fingerprint density at radius 2 is 1.85 bits per heavy atom. The van der Waals surface area contributed by atoms with Crippen LogP contribution in [-0.2, 0) is 12.1 Å². The van der Waals surface area contributed by atoms with Crippen molar-refractivity contribution in [1.82, 2.24) is 9.78 Å². The number of aromatic nitrogens is 2. The summed E-state index contributed by atoms with van der Waals surface area (Å²) in [6.07, 6.45) is 3.77. The maximum Gasteiger partial charge on any atom is 0.160 e. The second kappa shape index (κ2) is 5.62. The van der Waals surface area contributed by atoms with Crippen LogP contribution < -0.4 is 5.32 Å². The first-order chi connectivity index (χ1) is 9.27. The van der Waals surface area contributed by atoms with Gasteiger partial charge in [-0.1, -0.05) is 23.2 Å². The van der Waals surface area contributed by atoms with Crippen molar-refractivity contribution in [1.29, 1.82) is 0 Å². The summed E-state index contributed by atoms with van der Waals surface area (Å²) in [5, 5.41) is 7.47. The summed E-state index contributed by atoms with van der Waals surface area (Å²) in [7, 11) is 0. The second-order valence-corrected chi connectivity index (χ2v) is 6.39. The lowest BCUT2D eigenvalue weighted by Crippen LogP contribution is -2.21. The van der Waals surface area contributed by atoms with Gasteiger partial charge < -0.3 is 5.32 Å². The fraction of sp³-hybridized carbons (Fsp3) is 0.357. The lowest BCUT2D eigenvalue weighted by atomic mass is 10.1. The van der Waals surface area contributed by atoms with Crippen LogP contribution >= 0.6 is 23.2 Å². The van der Waals surface area contributed by atoms with Crippen molar-refractivity contribution in [2.45, 2.75) is 32.9 Å². The van der Waals surface area contributed by atoms with Crippen LogP contribution in [0.2, 0.25) is 10.0 Å². The third-order valence-corrected chi connectivity index (χ3v) is 3.35. The Morgan fingerprint density at radius 1 is 1.25 bits per heavy atom. The Labute approximate surface area is 127 Å². The molecule has 0 amide bonds. The number of hydrogen-bond donors (Lipinski definition) is 1.